The first-order valence-electron chi connectivity index (χ1n) is 2.79. The first-order chi connectivity index (χ1) is 5.27. The lowest BCUT2D eigenvalue weighted by atomic mass is 10.5. The normalized spacial score (nSPS) is 10.7. The van der Waals surface area contributed by atoms with Gasteiger partial charge >= 0.3 is 0 Å². The van der Waals surface area contributed by atoms with Gasteiger partial charge in [-0.3, -0.25) is 5.10 Å². The highest BCUT2D eigenvalue weighted by Crippen LogP contribution is 2.17. The summed E-state index contributed by atoms with van der Waals surface area (Å²) in [4.78, 5) is 7.61. The molecule has 2 heterocycles. The summed E-state index contributed by atoms with van der Waals surface area (Å²) < 4.78 is 0. The number of aromatic amines is 1. The van der Waals surface area contributed by atoms with Crippen molar-refractivity contribution in [2.24, 2.45) is 0 Å². The summed E-state index contributed by atoms with van der Waals surface area (Å²) in [5.41, 5.74) is 1.23. The van der Waals surface area contributed by atoms with Crippen LogP contribution in [0.1, 0.15) is 0 Å². The van der Waals surface area contributed by atoms with E-state index in [1.807, 2.05) is 0 Å². The van der Waals surface area contributed by atoms with Gasteiger partial charge in [-0.2, -0.15) is 5.10 Å². The van der Waals surface area contributed by atoms with Crippen molar-refractivity contribution >= 4 is 34.2 Å². The average molecular weight is 189 g/mol. The Kier molecular flexibility index (Phi) is 1.44. The first-order valence-corrected chi connectivity index (χ1v) is 3.55. The molecule has 0 unspecified atom stereocenters. The highest BCUT2D eigenvalue weighted by atomic mass is 35.5. The van der Waals surface area contributed by atoms with Crippen molar-refractivity contribution in [1.29, 1.82) is 0 Å². The van der Waals surface area contributed by atoms with Gasteiger partial charge in [0.1, 0.15) is 11.0 Å². The number of rotatable bonds is 0. The van der Waals surface area contributed by atoms with Crippen LogP contribution in [0.5, 0.6) is 0 Å². The number of nitrogens with one attached hydrogen (secondary N) is 1. The quantitative estimate of drug-likeness (QED) is 0.641. The average Bonchev–Trinajstić information content (AvgIpc) is 2.33. The molecule has 0 atom stereocenters. The second-order valence-electron chi connectivity index (χ2n) is 1.92. The van der Waals surface area contributed by atoms with Gasteiger partial charge in [-0.25, -0.2) is 9.97 Å². The maximum absolute atomic E-state index is 5.65. The summed E-state index contributed by atoms with van der Waals surface area (Å²) in [6, 6.07) is 0. The largest absolute Gasteiger partial charge is 0.273 e. The minimum absolute atomic E-state index is 0.167. The maximum atomic E-state index is 5.65. The van der Waals surface area contributed by atoms with Crippen LogP contribution >= 0.6 is 23.2 Å². The Morgan fingerprint density at radius 2 is 2.18 bits per heavy atom. The van der Waals surface area contributed by atoms with E-state index in [0.717, 1.165) is 0 Å². The van der Waals surface area contributed by atoms with E-state index >= 15 is 0 Å². The fourth-order valence-corrected chi connectivity index (χ4v) is 1.08. The van der Waals surface area contributed by atoms with Gasteiger partial charge in [0.15, 0.2) is 5.15 Å². The molecule has 2 aromatic rings. The SMILES string of the molecule is Clc1ncc2[nH]nc(Cl)c2n1. The van der Waals surface area contributed by atoms with Crippen LogP contribution in [0.25, 0.3) is 11.0 Å². The van der Waals surface area contributed by atoms with Crippen molar-refractivity contribution in [1.82, 2.24) is 20.2 Å². The molecule has 4 nitrogen and oxygen atoms in total. The van der Waals surface area contributed by atoms with Gasteiger partial charge in [0, 0.05) is 0 Å². The van der Waals surface area contributed by atoms with E-state index < -0.39 is 0 Å². The van der Waals surface area contributed by atoms with Crippen LogP contribution in [-0.4, -0.2) is 20.2 Å². The number of nitrogens with zero attached hydrogens (tertiary/aromatic N) is 3. The van der Waals surface area contributed by atoms with Gasteiger partial charge in [0.25, 0.3) is 0 Å². The molecule has 0 radical (unpaired) electrons. The van der Waals surface area contributed by atoms with E-state index in [2.05, 4.69) is 20.2 Å². The van der Waals surface area contributed by atoms with Crippen molar-refractivity contribution in [3.8, 4) is 0 Å². The second kappa shape index (κ2) is 2.32. The van der Waals surface area contributed by atoms with Gasteiger partial charge < -0.3 is 0 Å². The molecule has 0 aromatic carbocycles. The second-order valence-corrected chi connectivity index (χ2v) is 2.61. The lowest BCUT2D eigenvalue weighted by Crippen LogP contribution is -1.80. The predicted molar refractivity (Wildman–Crippen MR) is 41.7 cm³/mol. The van der Waals surface area contributed by atoms with Crippen molar-refractivity contribution in [2.75, 3.05) is 0 Å². The summed E-state index contributed by atoms with van der Waals surface area (Å²) >= 11 is 11.2. The summed E-state index contributed by atoms with van der Waals surface area (Å²) in [5.74, 6) is 0. The molecule has 0 aliphatic carbocycles. The smallest absolute Gasteiger partial charge is 0.223 e. The zero-order valence-electron chi connectivity index (χ0n) is 5.17. The fourth-order valence-electron chi connectivity index (χ4n) is 0.762. The van der Waals surface area contributed by atoms with Gasteiger partial charge in [0.05, 0.1) is 6.20 Å². The topological polar surface area (TPSA) is 54.5 Å². The summed E-state index contributed by atoms with van der Waals surface area (Å²) in [7, 11) is 0. The Balaban J connectivity index is 2.87. The van der Waals surface area contributed by atoms with Crippen LogP contribution < -0.4 is 0 Å². The van der Waals surface area contributed by atoms with E-state index in [9.17, 15) is 0 Å². The molecule has 2 aromatic heterocycles. The third-order valence-corrected chi connectivity index (χ3v) is 1.67. The monoisotopic (exact) mass is 188 g/mol. The lowest BCUT2D eigenvalue weighted by Gasteiger charge is -1.87. The van der Waals surface area contributed by atoms with E-state index in [4.69, 9.17) is 23.2 Å². The van der Waals surface area contributed by atoms with Crippen LogP contribution in [0, 0.1) is 0 Å². The third kappa shape index (κ3) is 1.04. The van der Waals surface area contributed by atoms with Gasteiger partial charge in [-0.05, 0) is 11.6 Å². The van der Waals surface area contributed by atoms with Crippen LogP contribution in [0.4, 0.5) is 0 Å². The zero-order valence-corrected chi connectivity index (χ0v) is 6.69. The molecular weight excluding hydrogens is 187 g/mol. The van der Waals surface area contributed by atoms with E-state index in [0.29, 0.717) is 16.2 Å². The first kappa shape index (κ1) is 6.82. The van der Waals surface area contributed by atoms with Crippen molar-refractivity contribution < 1.29 is 0 Å². The minimum Gasteiger partial charge on any atom is -0.273 e. The molecule has 0 saturated heterocycles. The lowest BCUT2D eigenvalue weighted by molar-refractivity contribution is 1.11. The van der Waals surface area contributed by atoms with Crippen LogP contribution in [0.3, 0.4) is 0 Å². The van der Waals surface area contributed by atoms with Gasteiger partial charge in [-0.1, -0.05) is 11.6 Å². The number of hydrogen-bond donors (Lipinski definition) is 1. The van der Waals surface area contributed by atoms with E-state index in [-0.39, 0.29) is 5.28 Å². The molecule has 56 valence electrons. The van der Waals surface area contributed by atoms with E-state index in [1.165, 1.54) is 6.20 Å². The molecule has 0 aliphatic rings. The number of fused-ring (bicyclic) bond motifs is 1. The molecule has 1 N–H and O–H groups in total. The summed E-state index contributed by atoms with van der Waals surface area (Å²) in [6.07, 6.45) is 1.53. The van der Waals surface area contributed by atoms with Gasteiger partial charge in [-0.15, -0.1) is 0 Å². The minimum atomic E-state index is 0.167. The Hall–Kier alpha value is -0.870. The molecule has 0 fully saturated rings. The third-order valence-electron chi connectivity index (χ3n) is 1.23. The molecule has 0 saturated carbocycles. The number of aromatic nitrogens is 4. The maximum Gasteiger partial charge on any atom is 0.223 e. The number of halogens is 2. The van der Waals surface area contributed by atoms with Crippen LogP contribution in [-0.2, 0) is 0 Å². The molecular formula is C5H2Cl2N4. The molecule has 6 heteroatoms. The van der Waals surface area contributed by atoms with Crippen molar-refractivity contribution in [3.05, 3.63) is 16.6 Å². The summed E-state index contributed by atoms with van der Waals surface area (Å²) in [6.45, 7) is 0. The molecule has 2 rings (SSSR count). The highest BCUT2D eigenvalue weighted by molar-refractivity contribution is 6.34. The molecule has 0 bridgehead atoms. The standard InChI is InChI=1S/C5H2Cl2N4/c6-4-3-2(10-11-4)1-8-5(7)9-3/h1H,(H,10,11). The fraction of sp³-hybridized carbons (Fsp3) is 0. The molecule has 0 spiro atoms. The van der Waals surface area contributed by atoms with Crippen LogP contribution in [0.15, 0.2) is 6.20 Å². The number of H-pyrrole nitrogens is 1. The number of hydrogen-bond acceptors (Lipinski definition) is 3. The van der Waals surface area contributed by atoms with Crippen LogP contribution in [0.2, 0.25) is 10.4 Å². The predicted octanol–water partition coefficient (Wildman–Crippen LogP) is 1.66. The van der Waals surface area contributed by atoms with E-state index in [1.54, 1.807) is 0 Å². The Morgan fingerprint density at radius 1 is 1.36 bits per heavy atom. The Labute approximate surface area is 71.6 Å². The molecule has 0 amide bonds. The Bertz CT molecular complexity index is 396. The van der Waals surface area contributed by atoms with Gasteiger partial charge in [0.2, 0.25) is 5.28 Å². The molecule has 11 heavy (non-hydrogen) atoms. The Morgan fingerprint density at radius 3 is 3.00 bits per heavy atom. The van der Waals surface area contributed by atoms with Crippen molar-refractivity contribution in [3.63, 3.8) is 0 Å². The zero-order chi connectivity index (χ0) is 7.84. The highest BCUT2D eigenvalue weighted by Gasteiger charge is 2.04. The van der Waals surface area contributed by atoms with Crippen molar-refractivity contribution in [2.45, 2.75) is 0 Å². The molecule has 0 aliphatic heterocycles. The summed E-state index contributed by atoms with van der Waals surface area (Å²) in [5, 5.41) is 6.84.